The van der Waals surface area contributed by atoms with E-state index in [0.717, 1.165) is 6.42 Å². The van der Waals surface area contributed by atoms with Crippen molar-refractivity contribution < 1.29 is 9.59 Å². The summed E-state index contributed by atoms with van der Waals surface area (Å²) in [5.41, 5.74) is 5.14. The fraction of sp³-hybridized carbons (Fsp3) is 0.600. The van der Waals surface area contributed by atoms with Crippen LogP contribution in [0.3, 0.4) is 0 Å². The topological polar surface area (TPSA) is 72.2 Å². The molecule has 3 N–H and O–H groups in total. The second-order valence-corrected chi connectivity index (χ2v) is 4.29. The molecule has 4 nitrogen and oxygen atoms in total. The number of thioether (sulfide) groups is 1. The number of amides is 2. The Hall–Kier alpha value is -1.15. The van der Waals surface area contributed by atoms with E-state index in [9.17, 15) is 9.59 Å². The number of nitrogens with two attached hydrogens (primary N) is 1. The summed E-state index contributed by atoms with van der Waals surface area (Å²) in [6.07, 6.45) is 6.10. The van der Waals surface area contributed by atoms with Gasteiger partial charge in [0.1, 0.15) is 6.04 Å². The van der Waals surface area contributed by atoms with Crippen LogP contribution in [0, 0.1) is 12.3 Å². The molecule has 84 valence electrons. The van der Waals surface area contributed by atoms with E-state index < -0.39 is 11.9 Å². The van der Waals surface area contributed by atoms with E-state index in [1.54, 1.807) is 0 Å². The summed E-state index contributed by atoms with van der Waals surface area (Å²) in [7, 11) is 0. The highest BCUT2D eigenvalue weighted by molar-refractivity contribution is 8.00. The largest absolute Gasteiger partial charge is 0.368 e. The highest BCUT2D eigenvalue weighted by atomic mass is 32.2. The highest BCUT2D eigenvalue weighted by Gasteiger charge is 2.17. The average molecular weight is 228 g/mol. The Kier molecular flexibility index (Phi) is 6.63. The van der Waals surface area contributed by atoms with Crippen LogP contribution in [-0.4, -0.2) is 28.9 Å². The van der Waals surface area contributed by atoms with Crippen molar-refractivity contribution in [3.05, 3.63) is 0 Å². The summed E-state index contributed by atoms with van der Waals surface area (Å²) in [5.74, 6) is 2.20. The molecular weight excluding hydrogens is 212 g/mol. The van der Waals surface area contributed by atoms with Gasteiger partial charge in [-0.1, -0.05) is 12.8 Å². The minimum Gasteiger partial charge on any atom is -0.368 e. The summed E-state index contributed by atoms with van der Waals surface area (Å²) in [4.78, 5) is 21.7. The zero-order chi connectivity index (χ0) is 11.8. The van der Waals surface area contributed by atoms with Gasteiger partial charge in [-0.05, 0) is 6.42 Å². The Balaban J connectivity index is 4.13. The lowest BCUT2D eigenvalue weighted by molar-refractivity contribution is -0.125. The van der Waals surface area contributed by atoms with Gasteiger partial charge >= 0.3 is 0 Å². The van der Waals surface area contributed by atoms with Gasteiger partial charge in [0, 0.05) is 12.7 Å². The molecule has 2 atom stereocenters. The lowest BCUT2D eigenvalue weighted by Crippen LogP contribution is -2.45. The van der Waals surface area contributed by atoms with Crippen LogP contribution in [0.1, 0.15) is 20.3 Å². The number of primary amides is 1. The molecule has 0 aliphatic heterocycles. The Morgan fingerprint density at radius 2 is 2.20 bits per heavy atom. The van der Waals surface area contributed by atoms with Crippen LogP contribution in [0.15, 0.2) is 0 Å². The van der Waals surface area contributed by atoms with Crippen molar-refractivity contribution in [3.8, 4) is 12.3 Å². The highest BCUT2D eigenvalue weighted by Crippen LogP contribution is 2.14. The SMILES string of the molecule is C#CC(CC)SC[C@H](NC(C)=O)C(N)=O. The van der Waals surface area contributed by atoms with Crippen molar-refractivity contribution in [1.82, 2.24) is 5.32 Å². The van der Waals surface area contributed by atoms with Crippen molar-refractivity contribution in [3.63, 3.8) is 0 Å². The minimum atomic E-state index is -0.644. The molecule has 0 fully saturated rings. The molecule has 0 aliphatic carbocycles. The number of carbonyl (C=O) groups excluding carboxylic acids is 2. The Morgan fingerprint density at radius 1 is 1.60 bits per heavy atom. The predicted octanol–water partition coefficient (Wildman–Crippen LogP) is 0.121. The zero-order valence-electron chi connectivity index (χ0n) is 8.95. The van der Waals surface area contributed by atoms with E-state index in [1.165, 1.54) is 18.7 Å². The Morgan fingerprint density at radius 3 is 2.53 bits per heavy atom. The van der Waals surface area contributed by atoms with Crippen LogP contribution in [0.25, 0.3) is 0 Å². The average Bonchev–Trinajstić information content (AvgIpc) is 2.16. The second kappa shape index (κ2) is 7.18. The van der Waals surface area contributed by atoms with Crippen LogP contribution in [0.5, 0.6) is 0 Å². The molecule has 0 radical (unpaired) electrons. The maximum atomic E-state index is 11.0. The lowest BCUT2D eigenvalue weighted by atomic mass is 10.3. The summed E-state index contributed by atoms with van der Waals surface area (Å²) >= 11 is 1.45. The molecule has 0 aromatic carbocycles. The molecule has 0 bridgehead atoms. The summed E-state index contributed by atoms with van der Waals surface area (Å²) < 4.78 is 0. The van der Waals surface area contributed by atoms with Crippen LogP contribution in [0.2, 0.25) is 0 Å². The number of nitrogens with one attached hydrogen (secondary N) is 1. The van der Waals surface area contributed by atoms with Crippen LogP contribution in [0.4, 0.5) is 0 Å². The van der Waals surface area contributed by atoms with E-state index in [2.05, 4.69) is 11.2 Å². The second-order valence-electron chi connectivity index (χ2n) is 3.05. The third kappa shape index (κ3) is 6.02. The molecule has 5 heteroatoms. The third-order valence-corrected chi connectivity index (χ3v) is 3.14. The zero-order valence-corrected chi connectivity index (χ0v) is 9.76. The molecule has 0 aromatic heterocycles. The first-order valence-corrected chi connectivity index (χ1v) is 5.70. The fourth-order valence-corrected chi connectivity index (χ4v) is 1.94. The predicted molar refractivity (Wildman–Crippen MR) is 62.2 cm³/mol. The van der Waals surface area contributed by atoms with Gasteiger partial charge in [-0.25, -0.2) is 0 Å². The number of terminal acetylenes is 1. The van der Waals surface area contributed by atoms with Crippen molar-refractivity contribution >= 4 is 23.6 Å². The number of rotatable bonds is 6. The smallest absolute Gasteiger partial charge is 0.240 e. The quantitative estimate of drug-likeness (QED) is 0.634. The number of hydrogen-bond donors (Lipinski definition) is 2. The third-order valence-electron chi connectivity index (χ3n) is 1.74. The molecule has 0 heterocycles. The molecule has 0 aliphatic rings. The first kappa shape index (κ1) is 13.8. The van der Waals surface area contributed by atoms with Crippen LogP contribution in [-0.2, 0) is 9.59 Å². The monoisotopic (exact) mass is 228 g/mol. The first-order valence-electron chi connectivity index (χ1n) is 4.65. The van der Waals surface area contributed by atoms with Gasteiger partial charge in [0.05, 0.1) is 5.25 Å². The van der Waals surface area contributed by atoms with Gasteiger partial charge in [-0.2, -0.15) is 0 Å². The first-order chi connectivity index (χ1) is 7.01. The van der Waals surface area contributed by atoms with E-state index in [0.29, 0.717) is 5.75 Å². The molecule has 0 saturated heterocycles. The summed E-state index contributed by atoms with van der Waals surface area (Å²) in [6, 6.07) is -0.644. The fourth-order valence-electron chi connectivity index (χ4n) is 0.936. The van der Waals surface area contributed by atoms with Gasteiger partial charge in [0.15, 0.2) is 0 Å². The van der Waals surface area contributed by atoms with Crippen LogP contribution < -0.4 is 11.1 Å². The van der Waals surface area contributed by atoms with Gasteiger partial charge in [0.2, 0.25) is 11.8 Å². The van der Waals surface area contributed by atoms with Crippen LogP contribution >= 0.6 is 11.8 Å². The summed E-state index contributed by atoms with van der Waals surface area (Å²) in [6.45, 7) is 3.31. The number of hydrogen-bond acceptors (Lipinski definition) is 3. The van der Waals surface area contributed by atoms with E-state index in [-0.39, 0.29) is 11.2 Å². The molecule has 0 rings (SSSR count). The molecular formula is C10H16N2O2S. The van der Waals surface area contributed by atoms with Crippen molar-refractivity contribution in [2.75, 3.05) is 5.75 Å². The summed E-state index contributed by atoms with van der Waals surface area (Å²) in [5, 5.41) is 2.54. The molecule has 0 aromatic rings. The Labute approximate surface area is 94.4 Å². The van der Waals surface area contributed by atoms with Gasteiger partial charge < -0.3 is 11.1 Å². The van der Waals surface area contributed by atoms with Crippen molar-refractivity contribution in [1.29, 1.82) is 0 Å². The maximum absolute atomic E-state index is 11.0. The lowest BCUT2D eigenvalue weighted by Gasteiger charge is -2.15. The molecule has 15 heavy (non-hydrogen) atoms. The van der Waals surface area contributed by atoms with E-state index in [4.69, 9.17) is 12.2 Å². The van der Waals surface area contributed by atoms with Crippen molar-refractivity contribution in [2.45, 2.75) is 31.6 Å². The normalized spacial score (nSPS) is 13.7. The molecule has 1 unspecified atom stereocenters. The van der Waals surface area contributed by atoms with Gasteiger partial charge in [-0.3, -0.25) is 9.59 Å². The van der Waals surface area contributed by atoms with Gasteiger partial charge in [-0.15, -0.1) is 18.2 Å². The molecule has 2 amide bonds. The number of carbonyl (C=O) groups is 2. The van der Waals surface area contributed by atoms with Gasteiger partial charge in [0.25, 0.3) is 0 Å². The van der Waals surface area contributed by atoms with E-state index >= 15 is 0 Å². The maximum Gasteiger partial charge on any atom is 0.240 e. The molecule has 0 spiro atoms. The van der Waals surface area contributed by atoms with Crippen molar-refractivity contribution in [2.24, 2.45) is 5.73 Å². The Bertz CT molecular complexity index is 273. The standard InChI is InChI=1S/C10H16N2O2S/c1-4-8(5-2)15-6-9(10(11)14)12-7(3)13/h1,8-9H,5-6H2,2-3H3,(H2,11,14)(H,12,13)/t8?,9-/m0/s1. The minimum absolute atomic E-state index is 0.0561. The van der Waals surface area contributed by atoms with E-state index in [1.807, 2.05) is 6.92 Å². The molecule has 0 saturated carbocycles.